The number of hydrogen-bond donors (Lipinski definition) is 3. The molecule has 0 amide bonds. The lowest BCUT2D eigenvalue weighted by Crippen LogP contribution is -2.79. The van der Waals surface area contributed by atoms with E-state index in [1.165, 1.54) is 27.7 Å². The molecule has 3 N–H and O–H groups in total. The summed E-state index contributed by atoms with van der Waals surface area (Å²) in [5.41, 5.74) is -6.11. The first-order valence-corrected chi connectivity index (χ1v) is 16.8. The Balaban J connectivity index is 1.69. The molecule has 3 aliphatic carbocycles. The van der Waals surface area contributed by atoms with Gasteiger partial charge >= 0.3 is 23.9 Å². The van der Waals surface area contributed by atoms with E-state index in [4.69, 9.17) is 23.7 Å². The Kier molecular flexibility index (Phi) is 8.99. The van der Waals surface area contributed by atoms with Crippen LogP contribution in [-0.2, 0) is 33.3 Å². The number of ether oxygens (including phenoxy) is 5. The third-order valence-electron chi connectivity index (χ3n) is 11.5. The highest BCUT2D eigenvalue weighted by molar-refractivity contribution is 5.90. The molecule has 0 bridgehead atoms. The topological polar surface area (TPSA) is 175 Å². The molecule has 3 fully saturated rings. The van der Waals surface area contributed by atoms with E-state index >= 15 is 0 Å². The van der Waals surface area contributed by atoms with Gasteiger partial charge in [0.15, 0.2) is 5.60 Å². The maximum absolute atomic E-state index is 14.2. The molecule has 50 heavy (non-hydrogen) atoms. The average Bonchev–Trinajstić information content (AvgIpc) is 3.30. The highest BCUT2D eigenvalue weighted by atomic mass is 16.6. The Bertz CT molecular complexity index is 1700. The molecule has 10 unspecified atom stereocenters. The second-order valence-corrected chi connectivity index (χ2v) is 14.7. The summed E-state index contributed by atoms with van der Waals surface area (Å²) in [6.45, 7) is 8.48. The molecule has 0 radical (unpaired) electrons. The predicted octanol–water partition coefficient (Wildman–Crippen LogP) is 3.31. The number of aliphatic hydroxyl groups is 3. The maximum atomic E-state index is 14.2. The van der Waals surface area contributed by atoms with Crippen molar-refractivity contribution < 1.29 is 58.2 Å². The van der Waals surface area contributed by atoms with Gasteiger partial charge in [-0.1, -0.05) is 43.3 Å². The van der Waals surface area contributed by atoms with Gasteiger partial charge in [0.05, 0.1) is 46.2 Å². The van der Waals surface area contributed by atoms with Crippen molar-refractivity contribution in [3.8, 4) is 0 Å². The summed E-state index contributed by atoms with van der Waals surface area (Å²) in [6.07, 6.45) is -8.27. The van der Waals surface area contributed by atoms with Gasteiger partial charge in [-0.3, -0.25) is 9.59 Å². The monoisotopic (exact) mass is 692 g/mol. The van der Waals surface area contributed by atoms with Crippen LogP contribution >= 0.6 is 0 Å². The van der Waals surface area contributed by atoms with Crippen molar-refractivity contribution in [3.05, 3.63) is 82.9 Å². The molecule has 2 saturated carbocycles. The van der Waals surface area contributed by atoms with Gasteiger partial charge in [0.1, 0.15) is 30.5 Å². The molecule has 6 rings (SSSR count). The highest BCUT2D eigenvalue weighted by Gasteiger charge is 2.80. The highest BCUT2D eigenvalue weighted by Crippen LogP contribution is 2.68. The first kappa shape index (κ1) is 35.7. The SMILES string of the molecule is CC(=O)OC1CC2OCC2(OC(C)=O)C2C(OC(=O)c3ccccc3)C3(C(C)(C)O)CC(O)C(C)=C3C(O)C(OC(=O)c3ccccc3)C12C. The third kappa shape index (κ3) is 5.35. The number of fused-ring (bicyclic) bond motifs is 4. The third-order valence-corrected chi connectivity index (χ3v) is 11.5. The molecule has 10 atom stereocenters. The molecule has 1 aliphatic heterocycles. The van der Waals surface area contributed by atoms with E-state index < -0.39 is 88.5 Å². The number of rotatable bonds is 7. The standard InChI is InChI=1S/C38H44O12/c1-20-25(41)18-37(35(4,5)45)28(20)29(42)31(48-33(43)23-13-9-7-10-14-23)36(6)26(47-21(2)39)17-27-38(19-46-27,50-22(3)40)30(36)32(37)49-34(44)24-15-11-8-12-16-24/h7-16,25-27,29-32,41-42,45H,17-19H2,1-6H3. The Morgan fingerprint density at radius 1 is 0.840 bits per heavy atom. The number of esters is 4. The van der Waals surface area contributed by atoms with E-state index in [1.807, 2.05) is 0 Å². The van der Waals surface area contributed by atoms with E-state index in [9.17, 15) is 34.5 Å². The zero-order valence-electron chi connectivity index (χ0n) is 29.0. The lowest BCUT2D eigenvalue weighted by Gasteiger charge is -2.65. The van der Waals surface area contributed by atoms with Crippen LogP contribution in [0, 0.1) is 16.7 Å². The van der Waals surface area contributed by atoms with Gasteiger partial charge in [0, 0.05) is 20.3 Å². The van der Waals surface area contributed by atoms with Crippen molar-refractivity contribution in [2.24, 2.45) is 16.7 Å². The second kappa shape index (κ2) is 12.6. The minimum absolute atomic E-state index is 0.0263. The van der Waals surface area contributed by atoms with E-state index in [-0.39, 0.29) is 41.7 Å². The van der Waals surface area contributed by atoms with Crippen LogP contribution in [0.2, 0.25) is 0 Å². The molecule has 268 valence electrons. The zero-order chi connectivity index (χ0) is 36.4. The molecule has 12 heteroatoms. The Hall–Kier alpha value is -4.10. The quantitative estimate of drug-likeness (QED) is 0.220. The van der Waals surface area contributed by atoms with Crippen molar-refractivity contribution in [1.29, 1.82) is 0 Å². The second-order valence-electron chi connectivity index (χ2n) is 14.7. The molecule has 1 heterocycles. The predicted molar refractivity (Wildman–Crippen MR) is 175 cm³/mol. The number of carbonyl (C=O) groups is 4. The van der Waals surface area contributed by atoms with Crippen molar-refractivity contribution in [2.45, 2.75) is 102 Å². The molecule has 0 aromatic heterocycles. The molecule has 2 aromatic carbocycles. The number of benzene rings is 2. The number of carbonyl (C=O) groups excluding carboxylic acids is 4. The fourth-order valence-corrected chi connectivity index (χ4v) is 9.29. The first-order chi connectivity index (χ1) is 23.5. The summed E-state index contributed by atoms with van der Waals surface area (Å²) in [7, 11) is 0. The summed E-state index contributed by atoms with van der Waals surface area (Å²) in [5, 5.41) is 36.6. The normalized spacial score (nSPS) is 36.1. The molecule has 0 spiro atoms. The smallest absolute Gasteiger partial charge is 0.338 e. The average molecular weight is 693 g/mol. The Morgan fingerprint density at radius 2 is 1.38 bits per heavy atom. The van der Waals surface area contributed by atoms with Gasteiger partial charge in [0.2, 0.25) is 0 Å². The summed E-state index contributed by atoms with van der Waals surface area (Å²) in [4.78, 5) is 53.9. The molecule has 2 aromatic rings. The van der Waals surface area contributed by atoms with Crippen LogP contribution in [0.5, 0.6) is 0 Å². The van der Waals surface area contributed by atoms with Gasteiger partial charge in [-0.05, 0) is 62.6 Å². The van der Waals surface area contributed by atoms with Gasteiger partial charge in [-0.2, -0.15) is 0 Å². The first-order valence-electron chi connectivity index (χ1n) is 16.8. The fraction of sp³-hybridized carbons (Fsp3) is 0.526. The molecular weight excluding hydrogens is 648 g/mol. The Morgan fingerprint density at radius 3 is 1.84 bits per heavy atom. The van der Waals surface area contributed by atoms with Crippen LogP contribution < -0.4 is 0 Å². The van der Waals surface area contributed by atoms with Gasteiger partial charge in [0.25, 0.3) is 0 Å². The van der Waals surface area contributed by atoms with E-state index in [0.717, 1.165) is 0 Å². The number of aliphatic hydroxyl groups excluding tert-OH is 2. The Labute approximate surface area is 290 Å². The van der Waals surface area contributed by atoms with Crippen molar-refractivity contribution >= 4 is 23.9 Å². The minimum Gasteiger partial charge on any atom is -0.462 e. The van der Waals surface area contributed by atoms with Crippen LogP contribution in [0.25, 0.3) is 0 Å². The van der Waals surface area contributed by atoms with Crippen molar-refractivity contribution in [2.75, 3.05) is 6.61 Å². The molecule has 1 saturated heterocycles. The van der Waals surface area contributed by atoms with Crippen molar-refractivity contribution in [3.63, 3.8) is 0 Å². The van der Waals surface area contributed by atoms with E-state index in [2.05, 4.69) is 0 Å². The minimum atomic E-state index is -1.84. The van der Waals surface area contributed by atoms with E-state index in [0.29, 0.717) is 0 Å². The van der Waals surface area contributed by atoms with Crippen LogP contribution in [0.3, 0.4) is 0 Å². The van der Waals surface area contributed by atoms with Crippen LogP contribution in [0.15, 0.2) is 71.8 Å². The summed E-state index contributed by atoms with van der Waals surface area (Å²) in [6, 6.07) is 16.3. The lowest BCUT2D eigenvalue weighted by molar-refractivity contribution is -0.351. The van der Waals surface area contributed by atoms with E-state index in [1.54, 1.807) is 74.5 Å². The summed E-state index contributed by atoms with van der Waals surface area (Å²) >= 11 is 0. The largest absolute Gasteiger partial charge is 0.462 e. The summed E-state index contributed by atoms with van der Waals surface area (Å²) < 4.78 is 31.0. The fourth-order valence-electron chi connectivity index (χ4n) is 9.29. The maximum Gasteiger partial charge on any atom is 0.338 e. The van der Waals surface area contributed by atoms with Crippen LogP contribution in [-0.4, -0.2) is 93.6 Å². The summed E-state index contributed by atoms with van der Waals surface area (Å²) in [5.74, 6) is -4.22. The molecular formula is C38H44O12. The molecule has 4 aliphatic rings. The van der Waals surface area contributed by atoms with Gasteiger partial charge in [-0.25, -0.2) is 9.59 Å². The lowest BCUT2D eigenvalue weighted by atomic mass is 9.49. The van der Waals surface area contributed by atoms with Crippen LogP contribution in [0.1, 0.15) is 75.1 Å². The van der Waals surface area contributed by atoms with Crippen molar-refractivity contribution in [1.82, 2.24) is 0 Å². The van der Waals surface area contributed by atoms with Gasteiger partial charge < -0.3 is 39.0 Å². The number of hydrogen-bond acceptors (Lipinski definition) is 12. The van der Waals surface area contributed by atoms with Crippen LogP contribution in [0.4, 0.5) is 0 Å². The van der Waals surface area contributed by atoms with Gasteiger partial charge in [-0.15, -0.1) is 0 Å². The molecule has 12 nitrogen and oxygen atoms in total. The zero-order valence-corrected chi connectivity index (χ0v) is 29.0.